The average Bonchev–Trinajstić information content (AvgIpc) is 2.64. The lowest BCUT2D eigenvalue weighted by Crippen LogP contribution is -2.42. The van der Waals surface area contributed by atoms with Gasteiger partial charge in [-0.3, -0.25) is 9.59 Å². The third-order valence-electron chi connectivity index (χ3n) is 3.40. The van der Waals surface area contributed by atoms with Gasteiger partial charge in [0.05, 0.1) is 62.5 Å². The number of benzene rings is 1. The van der Waals surface area contributed by atoms with Crippen LogP contribution < -0.4 is 16.4 Å². The molecule has 0 aliphatic heterocycles. The van der Waals surface area contributed by atoms with Crippen LogP contribution in [-0.2, 0) is 3.07 Å². The van der Waals surface area contributed by atoms with Crippen molar-refractivity contribution >= 4 is 108 Å². The Kier molecular flexibility index (Phi) is 11.9. The minimum absolute atomic E-state index is 0.109. The molecule has 0 spiro atoms. The number of amides is 2. The number of rotatable bonds is 9. The second-order valence-corrected chi connectivity index (χ2v) is 9.13. The fraction of sp³-hybridized carbons (Fsp3) is 0.429. The summed E-state index contributed by atoms with van der Waals surface area (Å²) in [6, 6.07) is -1.45. The number of nitrogens with one attached hydrogen (secondary N) is 2. The Balaban J connectivity index is 3.36. The molecular formula is C14H17I4N3O6. The van der Waals surface area contributed by atoms with E-state index >= 15 is 0 Å². The highest BCUT2D eigenvalue weighted by Crippen LogP contribution is 2.34. The number of anilines is 1. The molecule has 0 bridgehead atoms. The average molecular weight is 831 g/mol. The van der Waals surface area contributed by atoms with Crippen molar-refractivity contribution in [2.75, 3.05) is 32.2 Å². The molecule has 0 radical (unpaired) electrons. The quantitative estimate of drug-likeness (QED) is 0.158. The minimum Gasteiger partial charge on any atom is -0.397 e. The summed E-state index contributed by atoms with van der Waals surface area (Å²) in [6.07, 6.45) is 0. The lowest BCUT2D eigenvalue weighted by Gasteiger charge is -2.20. The summed E-state index contributed by atoms with van der Waals surface area (Å²) in [4.78, 5) is 25.4. The van der Waals surface area contributed by atoms with E-state index in [0.717, 1.165) is 0 Å². The molecule has 0 fully saturated rings. The van der Waals surface area contributed by atoms with Gasteiger partial charge in [0.25, 0.3) is 11.8 Å². The first-order valence-electron chi connectivity index (χ1n) is 7.37. The Morgan fingerprint density at radius 2 is 1.30 bits per heavy atom. The smallest absolute Gasteiger partial charge is 0.253 e. The lowest BCUT2D eigenvalue weighted by atomic mass is 10.1. The molecule has 1 rings (SSSR count). The van der Waals surface area contributed by atoms with Gasteiger partial charge in [0.1, 0.15) is 23.0 Å². The molecule has 1 unspecified atom stereocenters. The number of carbonyl (C=O) groups excluding carboxylic acids is 2. The van der Waals surface area contributed by atoms with E-state index in [0.29, 0.717) is 10.7 Å². The molecule has 27 heavy (non-hydrogen) atoms. The van der Waals surface area contributed by atoms with Crippen molar-refractivity contribution in [1.82, 2.24) is 10.6 Å². The molecule has 9 nitrogen and oxygen atoms in total. The first kappa shape index (κ1) is 25.8. The maximum atomic E-state index is 12.7. The number of aliphatic hydroxyl groups is 3. The van der Waals surface area contributed by atoms with Gasteiger partial charge < -0.3 is 34.8 Å². The number of halogens is 4. The molecule has 1 aromatic carbocycles. The number of nitrogens with two attached hydrogens (primary N) is 1. The van der Waals surface area contributed by atoms with Crippen LogP contribution in [0.2, 0.25) is 0 Å². The van der Waals surface area contributed by atoms with Crippen molar-refractivity contribution in [2.24, 2.45) is 0 Å². The van der Waals surface area contributed by atoms with Gasteiger partial charge in [0.15, 0.2) is 0 Å². The number of hydrogen-bond acceptors (Lipinski definition) is 7. The van der Waals surface area contributed by atoms with Crippen molar-refractivity contribution in [3.8, 4) is 0 Å². The van der Waals surface area contributed by atoms with Crippen molar-refractivity contribution in [2.45, 2.75) is 12.1 Å². The molecule has 13 heteroatoms. The van der Waals surface area contributed by atoms with Gasteiger partial charge in [0, 0.05) is 3.57 Å². The summed E-state index contributed by atoms with van der Waals surface area (Å²) >= 11 is 7.39. The number of hydrogen-bond donors (Lipinski definition) is 6. The fourth-order valence-corrected chi connectivity index (χ4v) is 6.54. The summed E-state index contributed by atoms with van der Waals surface area (Å²) in [5.41, 5.74) is 6.74. The summed E-state index contributed by atoms with van der Waals surface area (Å²) in [5, 5.41) is 32.8. The zero-order chi connectivity index (χ0) is 20.7. The Bertz CT molecular complexity index is 702. The zero-order valence-corrected chi connectivity index (χ0v) is 22.3. The van der Waals surface area contributed by atoms with Crippen LogP contribution in [0.3, 0.4) is 0 Å². The third kappa shape index (κ3) is 6.60. The van der Waals surface area contributed by atoms with Gasteiger partial charge >= 0.3 is 0 Å². The summed E-state index contributed by atoms with van der Waals surface area (Å²) in [7, 11) is 0. The molecule has 0 aromatic heterocycles. The van der Waals surface area contributed by atoms with Crippen LogP contribution in [0.25, 0.3) is 0 Å². The summed E-state index contributed by atoms with van der Waals surface area (Å²) in [5.74, 6) is -1.07. The molecule has 7 N–H and O–H groups in total. The van der Waals surface area contributed by atoms with Crippen molar-refractivity contribution in [3.05, 3.63) is 21.8 Å². The second-order valence-electron chi connectivity index (χ2n) is 5.27. The van der Waals surface area contributed by atoms with Crippen LogP contribution in [-0.4, -0.2) is 65.6 Å². The molecule has 0 saturated heterocycles. The zero-order valence-electron chi connectivity index (χ0n) is 13.6. The van der Waals surface area contributed by atoms with Crippen molar-refractivity contribution in [1.29, 1.82) is 0 Å². The molecule has 152 valence electrons. The highest BCUT2D eigenvalue weighted by atomic mass is 127. The van der Waals surface area contributed by atoms with Gasteiger partial charge in [-0.1, -0.05) is 0 Å². The summed E-state index contributed by atoms with van der Waals surface area (Å²) < 4.78 is 6.22. The normalized spacial score (nSPS) is 12.1. The van der Waals surface area contributed by atoms with Crippen LogP contribution in [0.4, 0.5) is 5.69 Å². The Morgan fingerprint density at radius 3 is 1.67 bits per heavy atom. The molecule has 0 heterocycles. The molecule has 2 amide bonds. The monoisotopic (exact) mass is 831 g/mol. The maximum Gasteiger partial charge on any atom is 0.253 e. The van der Waals surface area contributed by atoms with E-state index < -0.39 is 37.1 Å². The Hall–Kier alpha value is 0.720. The van der Waals surface area contributed by atoms with E-state index in [1.54, 1.807) is 23.0 Å². The van der Waals surface area contributed by atoms with E-state index in [2.05, 4.69) is 10.6 Å². The maximum absolute atomic E-state index is 12.7. The van der Waals surface area contributed by atoms with Gasteiger partial charge in [-0.25, -0.2) is 0 Å². The standard InChI is InChI=1S/C14H17I4N3O6/c15-9-7(13(25)20-5(1-22)2-23)10(16)12(19)11(17)8(9)14(26)21-6(3-24)4-27-18/h5-6,22-24H,1-4,19H2,(H,20,25)(H,21,26). The van der Waals surface area contributed by atoms with E-state index in [4.69, 9.17) is 8.80 Å². The first-order chi connectivity index (χ1) is 12.7. The predicted octanol–water partition coefficient (Wildman–Crippen LogP) is 0.623. The van der Waals surface area contributed by atoms with Gasteiger partial charge in [0.2, 0.25) is 0 Å². The van der Waals surface area contributed by atoms with E-state index in [1.165, 1.54) is 0 Å². The van der Waals surface area contributed by atoms with Crippen LogP contribution in [0.15, 0.2) is 0 Å². The van der Waals surface area contributed by atoms with E-state index in [1.807, 2.05) is 67.8 Å². The number of nitrogen functional groups attached to an aromatic ring is 1. The van der Waals surface area contributed by atoms with Crippen molar-refractivity contribution in [3.63, 3.8) is 0 Å². The van der Waals surface area contributed by atoms with Gasteiger partial charge in [-0.05, 0) is 67.8 Å². The molecule has 1 atom stereocenters. The summed E-state index contributed by atoms with van der Waals surface area (Å²) in [6.45, 7) is -1.07. The number of carbonyl (C=O) groups is 2. The van der Waals surface area contributed by atoms with Gasteiger partial charge in [-0.15, -0.1) is 0 Å². The first-order valence-corrected chi connectivity index (χ1v) is 11.5. The van der Waals surface area contributed by atoms with Crippen molar-refractivity contribution < 1.29 is 28.0 Å². The van der Waals surface area contributed by atoms with E-state index in [-0.39, 0.29) is 30.0 Å². The largest absolute Gasteiger partial charge is 0.397 e. The molecule has 0 aliphatic rings. The molecule has 1 aromatic rings. The minimum atomic E-state index is -0.832. The van der Waals surface area contributed by atoms with Crippen LogP contribution in [0.5, 0.6) is 0 Å². The highest BCUT2D eigenvalue weighted by Gasteiger charge is 2.28. The second kappa shape index (κ2) is 12.4. The van der Waals surface area contributed by atoms with E-state index in [9.17, 15) is 24.9 Å². The molecule has 0 saturated carbocycles. The highest BCUT2D eigenvalue weighted by molar-refractivity contribution is 14.1. The molecule has 0 aliphatic carbocycles. The van der Waals surface area contributed by atoms with Crippen LogP contribution in [0, 0.1) is 10.7 Å². The SMILES string of the molecule is Nc1c(I)c(C(=O)NC(CO)CO)c(I)c(C(=O)NC(CO)COI)c1I. The Labute approximate surface area is 210 Å². The molecular weight excluding hydrogens is 814 g/mol. The number of aliphatic hydroxyl groups excluding tert-OH is 3. The predicted molar refractivity (Wildman–Crippen MR) is 133 cm³/mol. The Morgan fingerprint density at radius 1 is 0.889 bits per heavy atom. The van der Waals surface area contributed by atoms with Crippen LogP contribution >= 0.6 is 90.8 Å². The topological polar surface area (TPSA) is 154 Å². The lowest BCUT2D eigenvalue weighted by molar-refractivity contribution is 0.0877. The third-order valence-corrected chi connectivity index (χ3v) is 7.08. The fourth-order valence-electron chi connectivity index (χ4n) is 1.96. The van der Waals surface area contributed by atoms with Crippen LogP contribution in [0.1, 0.15) is 20.7 Å². The van der Waals surface area contributed by atoms with Gasteiger partial charge in [-0.2, -0.15) is 0 Å².